The molecule has 1 fully saturated rings. The number of ether oxygens (including phenoxy) is 1. The Morgan fingerprint density at radius 3 is 2.43 bits per heavy atom. The lowest BCUT2D eigenvalue weighted by Crippen LogP contribution is -2.42. The van der Waals surface area contributed by atoms with Crippen molar-refractivity contribution in [3.8, 4) is 11.1 Å². The van der Waals surface area contributed by atoms with Crippen LogP contribution in [-0.2, 0) is 10.9 Å². The number of aliphatic hydroxyl groups excluding tert-OH is 1. The van der Waals surface area contributed by atoms with E-state index in [9.17, 15) is 18.3 Å². The van der Waals surface area contributed by atoms with E-state index in [4.69, 9.17) is 4.74 Å². The maximum Gasteiger partial charge on any atom is 0.416 e. The van der Waals surface area contributed by atoms with E-state index in [0.29, 0.717) is 47.6 Å². The van der Waals surface area contributed by atoms with Crippen molar-refractivity contribution in [1.29, 1.82) is 0 Å². The third-order valence-electron chi connectivity index (χ3n) is 4.67. The fraction of sp³-hybridized carbons (Fsp3) is 0.316. The van der Waals surface area contributed by atoms with Gasteiger partial charge in [-0.15, -0.1) is 0 Å². The van der Waals surface area contributed by atoms with Crippen molar-refractivity contribution in [2.45, 2.75) is 24.7 Å². The molecular weight excluding hydrogens is 373 g/mol. The highest BCUT2D eigenvalue weighted by Gasteiger charge is 2.30. The van der Waals surface area contributed by atoms with Gasteiger partial charge in [0.1, 0.15) is 11.0 Å². The van der Waals surface area contributed by atoms with Gasteiger partial charge < -0.3 is 15.2 Å². The number of benzene rings is 1. The summed E-state index contributed by atoms with van der Waals surface area (Å²) >= 11 is 0. The van der Waals surface area contributed by atoms with Crippen LogP contribution in [0.3, 0.4) is 0 Å². The first-order valence-electron chi connectivity index (χ1n) is 8.73. The van der Waals surface area contributed by atoms with E-state index in [1.807, 2.05) is 0 Å². The smallest absolute Gasteiger partial charge is 0.391 e. The lowest BCUT2D eigenvalue weighted by atomic mass is 10.0. The molecule has 1 aliphatic heterocycles. The van der Waals surface area contributed by atoms with E-state index in [2.05, 4.69) is 20.3 Å². The van der Waals surface area contributed by atoms with Crippen LogP contribution in [0.15, 0.2) is 42.9 Å². The number of rotatable bonds is 3. The van der Waals surface area contributed by atoms with E-state index in [1.165, 1.54) is 30.7 Å². The van der Waals surface area contributed by atoms with E-state index in [1.54, 1.807) is 0 Å². The number of alkyl halides is 3. The summed E-state index contributed by atoms with van der Waals surface area (Å²) in [5.41, 5.74) is 1.38. The van der Waals surface area contributed by atoms with Gasteiger partial charge in [0.25, 0.3) is 0 Å². The molecule has 3 aromatic rings. The molecule has 2 aromatic heterocycles. The van der Waals surface area contributed by atoms with Gasteiger partial charge in [-0.2, -0.15) is 13.2 Å². The predicted molar refractivity (Wildman–Crippen MR) is 96.6 cm³/mol. The Morgan fingerprint density at radius 1 is 1.04 bits per heavy atom. The number of aliphatic hydroxyl groups is 1. The Kier molecular flexibility index (Phi) is 4.86. The van der Waals surface area contributed by atoms with Crippen LogP contribution in [-0.4, -0.2) is 45.4 Å². The van der Waals surface area contributed by atoms with E-state index >= 15 is 0 Å². The summed E-state index contributed by atoms with van der Waals surface area (Å²) in [6.07, 6.45) is 0.118. The summed E-state index contributed by atoms with van der Waals surface area (Å²) in [7, 11) is 0. The predicted octanol–water partition coefficient (Wildman–Crippen LogP) is 3.27. The molecule has 0 amide bonds. The molecule has 2 N–H and O–H groups in total. The van der Waals surface area contributed by atoms with Crippen molar-refractivity contribution < 1.29 is 23.0 Å². The number of aromatic nitrogens is 3. The minimum Gasteiger partial charge on any atom is -0.391 e. The fourth-order valence-corrected chi connectivity index (χ4v) is 3.16. The second-order valence-electron chi connectivity index (χ2n) is 6.53. The van der Waals surface area contributed by atoms with Crippen LogP contribution >= 0.6 is 0 Å². The van der Waals surface area contributed by atoms with Gasteiger partial charge in [0.15, 0.2) is 5.82 Å². The molecule has 1 aromatic carbocycles. The fourth-order valence-electron chi connectivity index (χ4n) is 3.16. The van der Waals surface area contributed by atoms with E-state index < -0.39 is 17.8 Å². The van der Waals surface area contributed by atoms with Crippen molar-refractivity contribution >= 4 is 16.9 Å². The van der Waals surface area contributed by atoms with Crippen molar-refractivity contribution in [2.24, 2.45) is 0 Å². The molecule has 6 nitrogen and oxygen atoms in total. The van der Waals surface area contributed by atoms with Crippen molar-refractivity contribution in [1.82, 2.24) is 15.0 Å². The van der Waals surface area contributed by atoms with Crippen LogP contribution < -0.4 is 5.32 Å². The second-order valence-corrected chi connectivity index (χ2v) is 6.53. The molecule has 2 atom stereocenters. The van der Waals surface area contributed by atoms with Crippen LogP contribution in [0, 0.1) is 0 Å². The number of hydrogen-bond acceptors (Lipinski definition) is 6. The molecule has 28 heavy (non-hydrogen) atoms. The SMILES string of the molecule is O[C@@H]1CCOC[C@H]1Nc1ncc(-c2ccc(C(F)(F)F)cc2)c2nccnc12. The van der Waals surface area contributed by atoms with Crippen LogP contribution in [0.1, 0.15) is 12.0 Å². The maximum atomic E-state index is 12.8. The number of nitrogens with zero attached hydrogens (tertiary/aromatic N) is 3. The third kappa shape index (κ3) is 3.63. The molecule has 1 saturated heterocycles. The largest absolute Gasteiger partial charge is 0.416 e. The van der Waals surface area contributed by atoms with Gasteiger partial charge in [0.05, 0.1) is 24.3 Å². The molecule has 0 saturated carbocycles. The summed E-state index contributed by atoms with van der Waals surface area (Å²) in [4.78, 5) is 13.0. The van der Waals surface area contributed by atoms with Gasteiger partial charge in [-0.1, -0.05) is 12.1 Å². The normalized spacial score (nSPS) is 20.3. The van der Waals surface area contributed by atoms with E-state index in [0.717, 1.165) is 12.1 Å². The molecule has 0 bridgehead atoms. The Balaban J connectivity index is 1.71. The topological polar surface area (TPSA) is 80.2 Å². The van der Waals surface area contributed by atoms with Crippen molar-refractivity contribution in [2.75, 3.05) is 18.5 Å². The first kappa shape index (κ1) is 18.6. The van der Waals surface area contributed by atoms with Gasteiger partial charge >= 0.3 is 6.18 Å². The second kappa shape index (κ2) is 7.33. The Morgan fingerprint density at radius 2 is 1.75 bits per heavy atom. The lowest BCUT2D eigenvalue weighted by molar-refractivity contribution is -0.137. The molecule has 4 rings (SSSR count). The average Bonchev–Trinajstić information content (AvgIpc) is 2.69. The number of anilines is 1. The average molecular weight is 390 g/mol. The lowest BCUT2D eigenvalue weighted by Gasteiger charge is -2.29. The Labute approximate surface area is 158 Å². The molecule has 1 aliphatic rings. The van der Waals surface area contributed by atoms with Crippen LogP contribution in [0.5, 0.6) is 0 Å². The first-order valence-corrected chi connectivity index (χ1v) is 8.73. The van der Waals surface area contributed by atoms with Gasteiger partial charge in [0.2, 0.25) is 0 Å². The van der Waals surface area contributed by atoms with Crippen LogP contribution in [0.2, 0.25) is 0 Å². The molecule has 0 spiro atoms. The molecule has 3 heterocycles. The third-order valence-corrected chi connectivity index (χ3v) is 4.67. The van der Waals surface area contributed by atoms with E-state index in [-0.39, 0.29) is 6.04 Å². The number of halogens is 3. The molecule has 0 unspecified atom stereocenters. The standard InChI is InChI=1S/C19H17F3N4O2/c20-19(21,22)12-3-1-11(2-4-12)13-9-25-18(17-16(13)23-6-7-24-17)26-14-10-28-8-5-15(14)27/h1-4,6-7,9,14-15,27H,5,8,10H2,(H,25,26)/t14-,15-/m1/s1. The highest BCUT2D eigenvalue weighted by Crippen LogP contribution is 2.33. The van der Waals surface area contributed by atoms with Crippen LogP contribution in [0.4, 0.5) is 19.0 Å². The Bertz CT molecular complexity index is 979. The minimum atomic E-state index is -4.39. The van der Waals surface area contributed by atoms with Gasteiger partial charge in [-0.3, -0.25) is 4.98 Å². The Hall–Kier alpha value is -2.78. The minimum absolute atomic E-state index is 0.330. The maximum absolute atomic E-state index is 12.8. The molecule has 0 aliphatic carbocycles. The number of pyridine rings is 1. The quantitative estimate of drug-likeness (QED) is 0.715. The molecule has 9 heteroatoms. The zero-order valence-corrected chi connectivity index (χ0v) is 14.6. The molecule has 146 valence electrons. The van der Waals surface area contributed by atoms with Crippen LogP contribution in [0.25, 0.3) is 22.2 Å². The van der Waals surface area contributed by atoms with Crippen molar-refractivity contribution in [3.05, 3.63) is 48.4 Å². The highest BCUT2D eigenvalue weighted by molar-refractivity contribution is 5.96. The summed E-state index contributed by atoms with van der Waals surface area (Å²) in [6.45, 7) is 0.839. The summed E-state index contributed by atoms with van der Waals surface area (Å²) in [5, 5.41) is 13.3. The molecular formula is C19H17F3N4O2. The van der Waals surface area contributed by atoms with Gasteiger partial charge in [-0.25, -0.2) is 9.97 Å². The van der Waals surface area contributed by atoms with Gasteiger partial charge in [-0.05, 0) is 24.1 Å². The first-order chi connectivity index (χ1) is 13.4. The number of fused-ring (bicyclic) bond motifs is 1. The highest BCUT2D eigenvalue weighted by atomic mass is 19.4. The van der Waals surface area contributed by atoms with Gasteiger partial charge in [0, 0.05) is 30.8 Å². The summed E-state index contributed by atoms with van der Waals surface area (Å²) < 4.78 is 43.8. The summed E-state index contributed by atoms with van der Waals surface area (Å²) in [5.74, 6) is 0.438. The molecule has 0 radical (unpaired) electrons. The zero-order valence-electron chi connectivity index (χ0n) is 14.6. The zero-order chi connectivity index (χ0) is 19.7. The summed E-state index contributed by atoms with van der Waals surface area (Å²) in [6, 6.07) is 4.50. The monoisotopic (exact) mass is 390 g/mol. The number of nitrogens with one attached hydrogen (secondary N) is 1. The number of hydrogen-bond donors (Lipinski definition) is 2. The van der Waals surface area contributed by atoms with Crippen molar-refractivity contribution in [3.63, 3.8) is 0 Å².